The average molecular weight is 280 g/mol. The van der Waals surface area contributed by atoms with Crippen LogP contribution < -0.4 is 10.5 Å². The lowest BCUT2D eigenvalue weighted by atomic mass is 10.0. The predicted molar refractivity (Wildman–Crippen MR) is 69.5 cm³/mol. The fourth-order valence-corrected chi connectivity index (χ4v) is 4.01. The molecule has 0 amide bonds. The van der Waals surface area contributed by atoms with Crippen molar-refractivity contribution in [2.75, 3.05) is 6.54 Å². The van der Waals surface area contributed by atoms with Gasteiger partial charge in [-0.1, -0.05) is 12.8 Å². The summed E-state index contributed by atoms with van der Waals surface area (Å²) in [5.41, 5.74) is 5.04. The zero-order valence-electron chi connectivity index (χ0n) is 10.5. The normalized spacial score (nSPS) is 18.1. The third-order valence-corrected chi connectivity index (χ3v) is 5.08. The van der Waals surface area contributed by atoms with E-state index < -0.39 is 15.6 Å². The molecule has 6 nitrogen and oxygen atoms in total. The lowest BCUT2D eigenvalue weighted by Gasteiger charge is -2.28. The summed E-state index contributed by atoms with van der Waals surface area (Å²) < 4.78 is 27.4. The molecule has 1 fully saturated rings. The zero-order valence-corrected chi connectivity index (χ0v) is 11.3. The summed E-state index contributed by atoms with van der Waals surface area (Å²) in [5.74, 6) is 0. The number of hydrogen-bond donors (Lipinski definition) is 2. The van der Waals surface area contributed by atoms with Gasteiger partial charge in [-0.25, -0.2) is 18.1 Å². The Hall–Kier alpha value is -1.49. The first-order chi connectivity index (χ1) is 9.03. The molecule has 0 bridgehead atoms. The van der Waals surface area contributed by atoms with Crippen LogP contribution >= 0.6 is 0 Å². The first-order valence-electron chi connectivity index (χ1n) is 6.12. The second kappa shape index (κ2) is 5.25. The van der Waals surface area contributed by atoms with Gasteiger partial charge in [0.2, 0.25) is 10.0 Å². The second-order valence-corrected chi connectivity index (χ2v) is 6.41. The Kier molecular flexibility index (Phi) is 3.85. The summed E-state index contributed by atoms with van der Waals surface area (Å²) in [6.07, 6.45) is 4.76. The Morgan fingerprint density at radius 2 is 2.16 bits per heavy atom. The highest BCUT2D eigenvalue weighted by Crippen LogP contribution is 2.30. The maximum absolute atomic E-state index is 12.4. The number of aromatic nitrogens is 1. The number of nitrogens with two attached hydrogens (primary N) is 1. The van der Waals surface area contributed by atoms with Gasteiger partial charge in [0.25, 0.3) is 0 Å². The maximum atomic E-state index is 12.4. The molecule has 0 aliphatic heterocycles. The summed E-state index contributed by atoms with van der Waals surface area (Å²) in [7, 11) is -3.77. The minimum Gasteiger partial charge on any atom is -0.329 e. The molecule has 0 radical (unpaired) electrons. The number of rotatable bonds is 4. The van der Waals surface area contributed by atoms with E-state index in [9.17, 15) is 8.42 Å². The molecule has 1 heterocycles. The van der Waals surface area contributed by atoms with Gasteiger partial charge < -0.3 is 5.73 Å². The lowest BCUT2D eigenvalue weighted by Crippen LogP contribution is -2.51. The molecule has 0 atom stereocenters. The fraction of sp³-hybridized carbons (Fsp3) is 0.500. The average Bonchev–Trinajstić information content (AvgIpc) is 2.87. The topological polar surface area (TPSA) is 109 Å². The third-order valence-electron chi connectivity index (χ3n) is 3.47. The van der Waals surface area contributed by atoms with E-state index in [0.717, 1.165) is 25.7 Å². The van der Waals surface area contributed by atoms with Gasteiger partial charge in [-0.15, -0.1) is 0 Å². The van der Waals surface area contributed by atoms with E-state index in [1.54, 1.807) is 6.07 Å². The van der Waals surface area contributed by atoms with Crippen LogP contribution in [0.25, 0.3) is 0 Å². The number of pyridine rings is 1. The Labute approximate surface area is 112 Å². The van der Waals surface area contributed by atoms with Gasteiger partial charge in [-0.3, -0.25) is 0 Å². The lowest BCUT2D eigenvalue weighted by molar-refractivity contribution is 0.399. The van der Waals surface area contributed by atoms with Gasteiger partial charge >= 0.3 is 0 Å². The number of sulfonamides is 1. The standard InChI is InChI=1S/C12H16N4O2S/c13-8-10-11(4-3-7-15-10)19(17,18)16-12(9-14)5-1-2-6-12/h3-4,7,16H,1-2,5-6,9,14H2. The van der Waals surface area contributed by atoms with E-state index in [2.05, 4.69) is 9.71 Å². The quantitative estimate of drug-likeness (QED) is 0.835. The van der Waals surface area contributed by atoms with Gasteiger partial charge in [0.15, 0.2) is 5.69 Å². The van der Waals surface area contributed by atoms with Crippen LogP contribution in [0, 0.1) is 11.3 Å². The number of nitriles is 1. The highest BCUT2D eigenvalue weighted by Gasteiger charge is 2.37. The third kappa shape index (κ3) is 2.76. The molecule has 102 valence electrons. The summed E-state index contributed by atoms with van der Waals surface area (Å²) >= 11 is 0. The van der Waals surface area contributed by atoms with Crippen molar-refractivity contribution in [2.45, 2.75) is 36.1 Å². The summed E-state index contributed by atoms with van der Waals surface area (Å²) in [4.78, 5) is 3.69. The molecule has 1 aromatic heterocycles. The first kappa shape index (κ1) is 13.9. The molecule has 2 rings (SSSR count). The minimum atomic E-state index is -3.77. The number of nitrogens with one attached hydrogen (secondary N) is 1. The van der Waals surface area contributed by atoms with Crippen LogP contribution in [-0.2, 0) is 10.0 Å². The Morgan fingerprint density at radius 1 is 1.47 bits per heavy atom. The van der Waals surface area contributed by atoms with Crippen molar-refractivity contribution in [1.29, 1.82) is 5.26 Å². The van der Waals surface area contributed by atoms with E-state index in [0.29, 0.717) is 0 Å². The number of nitrogens with zero attached hydrogens (tertiary/aromatic N) is 2. The molecule has 1 saturated carbocycles. The van der Waals surface area contributed by atoms with Crippen molar-refractivity contribution < 1.29 is 8.42 Å². The molecule has 7 heteroatoms. The van der Waals surface area contributed by atoms with Crippen molar-refractivity contribution in [2.24, 2.45) is 5.73 Å². The van der Waals surface area contributed by atoms with Gasteiger partial charge in [0, 0.05) is 18.3 Å². The van der Waals surface area contributed by atoms with Gasteiger partial charge in [-0.2, -0.15) is 5.26 Å². The van der Waals surface area contributed by atoms with Crippen LogP contribution in [0.5, 0.6) is 0 Å². The van der Waals surface area contributed by atoms with Gasteiger partial charge in [-0.05, 0) is 25.0 Å². The van der Waals surface area contributed by atoms with Crippen LogP contribution in [-0.4, -0.2) is 25.5 Å². The molecular weight excluding hydrogens is 264 g/mol. The zero-order chi connectivity index (χ0) is 13.9. The largest absolute Gasteiger partial charge is 0.329 e. The molecule has 0 unspecified atom stereocenters. The summed E-state index contributed by atoms with van der Waals surface area (Å²) in [6.45, 7) is 0.258. The van der Waals surface area contributed by atoms with Gasteiger partial charge in [0.05, 0.1) is 0 Å². The molecule has 0 saturated heterocycles. The van der Waals surface area contributed by atoms with Crippen molar-refractivity contribution >= 4 is 10.0 Å². The Bertz CT molecular complexity index is 600. The van der Waals surface area contributed by atoms with E-state index >= 15 is 0 Å². The Morgan fingerprint density at radius 3 is 2.74 bits per heavy atom. The molecule has 1 aliphatic carbocycles. The van der Waals surface area contributed by atoms with Crippen molar-refractivity contribution in [3.63, 3.8) is 0 Å². The molecule has 0 aromatic carbocycles. The van der Waals surface area contributed by atoms with Crippen molar-refractivity contribution in [3.8, 4) is 6.07 Å². The SMILES string of the molecule is N#Cc1ncccc1S(=O)(=O)NC1(CN)CCCC1. The summed E-state index contributed by atoms with van der Waals surface area (Å²) in [6, 6.07) is 4.68. The Balaban J connectivity index is 2.36. The molecular formula is C12H16N4O2S. The molecule has 1 aromatic rings. The molecule has 3 N–H and O–H groups in total. The van der Waals surface area contributed by atoms with E-state index in [-0.39, 0.29) is 17.1 Å². The van der Waals surface area contributed by atoms with Crippen LogP contribution in [0.2, 0.25) is 0 Å². The smallest absolute Gasteiger partial charge is 0.244 e. The van der Waals surface area contributed by atoms with E-state index in [1.165, 1.54) is 18.3 Å². The van der Waals surface area contributed by atoms with Gasteiger partial charge in [0.1, 0.15) is 11.0 Å². The van der Waals surface area contributed by atoms with Crippen LogP contribution in [0.4, 0.5) is 0 Å². The van der Waals surface area contributed by atoms with Crippen molar-refractivity contribution in [3.05, 3.63) is 24.0 Å². The number of hydrogen-bond acceptors (Lipinski definition) is 5. The highest BCUT2D eigenvalue weighted by atomic mass is 32.2. The summed E-state index contributed by atoms with van der Waals surface area (Å²) in [5, 5.41) is 8.93. The molecule has 0 spiro atoms. The minimum absolute atomic E-state index is 0.0859. The predicted octanol–water partition coefficient (Wildman–Crippen LogP) is 0.503. The van der Waals surface area contributed by atoms with Crippen LogP contribution in [0.3, 0.4) is 0 Å². The first-order valence-corrected chi connectivity index (χ1v) is 7.60. The second-order valence-electron chi connectivity index (χ2n) is 4.76. The monoisotopic (exact) mass is 280 g/mol. The maximum Gasteiger partial charge on any atom is 0.244 e. The molecule has 1 aliphatic rings. The van der Waals surface area contributed by atoms with Crippen LogP contribution in [0.15, 0.2) is 23.2 Å². The highest BCUT2D eigenvalue weighted by molar-refractivity contribution is 7.89. The molecule has 19 heavy (non-hydrogen) atoms. The van der Waals surface area contributed by atoms with Crippen molar-refractivity contribution in [1.82, 2.24) is 9.71 Å². The van der Waals surface area contributed by atoms with E-state index in [1.807, 2.05) is 0 Å². The van der Waals surface area contributed by atoms with Crippen LogP contribution in [0.1, 0.15) is 31.4 Å². The fourth-order valence-electron chi connectivity index (χ4n) is 2.43. The van der Waals surface area contributed by atoms with E-state index in [4.69, 9.17) is 11.0 Å².